The molecule has 2 aliphatic rings. The van der Waals surface area contributed by atoms with Gasteiger partial charge in [-0.3, -0.25) is 0 Å². The predicted octanol–water partition coefficient (Wildman–Crippen LogP) is 5.29. The van der Waals surface area contributed by atoms with Gasteiger partial charge < -0.3 is 30.4 Å². The third kappa shape index (κ3) is 3.66. The third-order valence-corrected chi connectivity index (χ3v) is 7.45. The largest absolute Gasteiger partial charge is 0.497 e. The summed E-state index contributed by atoms with van der Waals surface area (Å²) in [6.45, 7) is 0. The van der Waals surface area contributed by atoms with Crippen LogP contribution in [0.3, 0.4) is 0 Å². The molecule has 8 nitrogen and oxygen atoms in total. The van der Waals surface area contributed by atoms with Crippen LogP contribution in [0.4, 0.5) is 0 Å². The average Bonchev–Trinajstić information content (AvgIpc) is 3.00. The van der Waals surface area contributed by atoms with Crippen molar-refractivity contribution in [3.05, 3.63) is 118 Å². The molecule has 0 amide bonds. The summed E-state index contributed by atoms with van der Waals surface area (Å²) in [5, 5.41) is 22.0. The summed E-state index contributed by atoms with van der Waals surface area (Å²) >= 11 is 0. The van der Waals surface area contributed by atoms with Crippen LogP contribution in [0.15, 0.2) is 95.7 Å². The van der Waals surface area contributed by atoms with Gasteiger partial charge in [0.25, 0.3) is 0 Å². The Kier molecular flexibility index (Phi) is 5.94. The van der Waals surface area contributed by atoms with Crippen molar-refractivity contribution in [3.63, 3.8) is 0 Å². The van der Waals surface area contributed by atoms with Crippen LogP contribution >= 0.6 is 0 Å². The molecular weight excluding hydrogens is 504 g/mol. The van der Waals surface area contributed by atoms with Gasteiger partial charge in [0.15, 0.2) is 11.5 Å². The summed E-state index contributed by atoms with van der Waals surface area (Å²) in [7, 11) is 3.20. The van der Waals surface area contributed by atoms with Gasteiger partial charge in [0.2, 0.25) is 11.8 Å². The van der Waals surface area contributed by atoms with Crippen LogP contribution in [0.2, 0.25) is 0 Å². The van der Waals surface area contributed by atoms with E-state index in [4.69, 9.17) is 30.4 Å². The highest BCUT2D eigenvalue weighted by molar-refractivity contribution is 5.97. The van der Waals surface area contributed by atoms with E-state index >= 15 is 0 Å². The Labute approximate surface area is 230 Å². The molecule has 2 heterocycles. The van der Waals surface area contributed by atoms with Gasteiger partial charge in [-0.1, -0.05) is 48.5 Å². The van der Waals surface area contributed by atoms with Gasteiger partial charge in [-0.2, -0.15) is 10.5 Å². The number of nitriles is 2. The molecule has 0 spiro atoms. The summed E-state index contributed by atoms with van der Waals surface area (Å²) in [5.41, 5.74) is 16.4. The fourth-order valence-electron chi connectivity index (χ4n) is 5.62. The molecule has 0 saturated carbocycles. The normalized spacial score (nSPS) is 17.6. The van der Waals surface area contributed by atoms with Gasteiger partial charge in [-0.25, -0.2) is 0 Å². The Morgan fingerprint density at radius 2 is 1.00 bits per heavy atom. The lowest BCUT2D eigenvalue weighted by molar-refractivity contribution is 0.337. The minimum atomic E-state index is -0.541. The smallest absolute Gasteiger partial charge is 0.205 e. The van der Waals surface area contributed by atoms with Crippen LogP contribution in [0.1, 0.15) is 34.1 Å². The summed E-state index contributed by atoms with van der Waals surface area (Å²) in [6, 6.07) is 27.3. The van der Waals surface area contributed by atoms with Crippen LogP contribution in [0, 0.1) is 22.7 Å². The minimum Gasteiger partial charge on any atom is -0.497 e. The molecule has 40 heavy (non-hydrogen) atoms. The number of hydrogen-bond donors (Lipinski definition) is 2. The summed E-state index contributed by atoms with van der Waals surface area (Å²) in [6.07, 6.45) is 0. The van der Waals surface area contributed by atoms with Crippen molar-refractivity contribution < 1.29 is 18.9 Å². The van der Waals surface area contributed by atoms with Crippen molar-refractivity contribution in [1.29, 1.82) is 10.5 Å². The summed E-state index contributed by atoms with van der Waals surface area (Å²) < 4.78 is 23.1. The number of benzene rings is 4. The molecule has 0 fully saturated rings. The van der Waals surface area contributed by atoms with Crippen LogP contribution in [-0.4, -0.2) is 14.2 Å². The molecule has 0 aliphatic carbocycles. The zero-order valence-corrected chi connectivity index (χ0v) is 21.8. The van der Waals surface area contributed by atoms with Gasteiger partial charge in [0.05, 0.1) is 26.1 Å². The SMILES string of the molecule is COc1ccc([C@H]2C(C#N)=C(N)Oc3c4c(c5ccccc5c32)[C@H](c2ccc(OC)cc2)C(C#N)=C(N)O4)cc1. The van der Waals surface area contributed by atoms with Crippen LogP contribution < -0.4 is 30.4 Å². The van der Waals surface area contributed by atoms with Gasteiger partial charge in [-0.05, 0) is 46.2 Å². The predicted molar refractivity (Wildman–Crippen MR) is 149 cm³/mol. The molecular formula is C32H24N4O4. The molecule has 2 aliphatic heterocycles. The number of methoxy groups -OCH3 is 2. The topological polar surface area (TPSA) is 137 Å². The number of hydrogen-bond acceptors (Lipinski definition) is 8. The van der Waals surface area contributed by atoms with Crippen molar-refractivity contribution in [1.82, 2.24) is 0 Å². The lowest BCUT2D eigenvalue weighted by atomic mass is 9.76. The van der Waals surface area contributed by atoms with Gasteiger partial charge in [0, 0.05) is 11.1 Å². The minimum absolute atomic E-state index is 0.0217. The second-order valence-electron chi connectivity index (χ2n) is 9.43. The summed E-state index contributed by atoms with van der Waals surface area (Å²) in [5.74, 6) is 0.983. The monoisotopic (exact) mass is 528 g/mol. The lowest BCUT2D eigenvalue weighted by Crippen LogP contribution is -2.26. The van der Waals surface area contributed by atoms with Crippen molar-refractivity contribution >= 4 is 10.8 Å². The van der Waals surface area contributed by atoms with E-state index in [1.54, 1.807) is 14.2 Å². The van der Waals surface area contributed by atoms with E-state index in [9.17, 15) is 10.5 Å². The van der Waals surface area contributed by atoms with Crippen LogP contribution in [-0.2, 0) is 0 Å². The Hall–Kier alpha value is -5.60. The highest BCUT2D eigenvalue weighted by Crippen LogP contribution is 2.57. The third-order valence-electron chi connectivity index (χ3n) is 7.45. The first-order chi connectivity index (χ1) is 19.5. The van der Waals surface area contributed by atoms with E-state index in [0.29, 0.717) is 23.0 Å². The molecule has 0 unspecified atom stereocenters. The Morgan fingerprint density at radius 1 is 0.625 bits per heavy atom. The van der Waals surface area contributed by atoms with Crippen molar-refractivity contribution in [2.45, 2.75) is 11.8 Å². The molecule has 8 heteroatoms. The molecule has 4 aromatic carbocycles. The van der Waals surface area contributed by atoms with Crippen LogP contribution in [0.5, 0.6) is 23.0 Å². The van der Waals surface area contributed by atoms with E-state index in [1.165, 1.54) is 0 Å². The van der Waals surface area contributed by atoms with E-state index in [0.717, 1.165) is 33.0 Å². The Bertz CT molecular complexity index is 1680. The molecule has 2 atom stereocenters. The van der Waals surface area contributed by atoms with Crippen molar-refractivity contribution in [2.75, 3.05) is 14.2 Å². The number of allylic oxidation sites excluding steroid dienone is 2. The first-order valence-electron chi connectivity index (χ1n) is 12.5. The molecule has 0 radical (unpaired) electrons. The maximum Gasteiger partial charge on any atom is 0.205 e. The van der Waals surface area contributed by atoms with Gasteiger partial charge >= 0.3 is 0 Å². The van der Waals surface area contributed by atoms with E-state index in [2.05, 4.69) is 12.1 Å². The Morgan fingerprint density at radius 3 is 1.32 bits per heavy atom. The van der Waals surface area contributed by atoms with E-state index in [1.807, 2.05) is 72.8 Å². The molecule has 0 bridgehead atoms. The highest BCUT2D eigenvalue weighted by Gasteiger charge is 2.41. The maximum atomic E-state index is 10.2. The molecule has 6 rings (SSSR count). The standard InChI is InChI=1S/C32H24N4O4/c1-37-19-11-7-17(8-12-19)25-23(15-33)31(35)39-29-27(25)21-5-3-4-6-22(21)28-26(18-9-13-20(38-2)14-10-18)24(16-34)32(36)40-30(28)29/h3-14,25-26H,35-36H2,1-2H3/t25-,26+. The first kappa shape index (κ1) is 24.7. The number of nitrogens with zero attached hydrogens (tertiary/aromatic N) is 2. The number of fused-ring (bicyclic) bond motifs is 6. The second kappa shape index (κ2) is 9.61. The fourth-order valence-corrected chi connectivity index (χ4v) is 5.62. The first-order valence-corrected chi connectivity index (χ1v) is 12.5. The molecule has 4 N–H and O–H groups in total. The number of rotatable bonds is 4. The lowest BCUT2D eigenvalue weighted by Gasteiger charge is -2.34. The molecule has 196 valence electrons. The Balaban J connectivity index is 1.69. The van der Waals surface area contributed by atoms with E-state index in [-0.39, 0.29) is 22.9 Å². The molecule has 0 saturated heterocycles. The molecule has 4 aromatic rings. The van der Waals surface area contributed by atoms with Crippen molar-refractivity contribution in [2.24, 2.45) is 11.5 Å². The highest BCUT2D eigenvalue weighted by atomic mass is 16.5. The van der Waals surface area contributed by atoms with Gasteiger partial charge in [0.1, 0.15) is 34.8 Å². The second-order valence-corrected chi connectivity index (χ2v) is 9.43. The quantitative estimate of drug-likeness (QED) is 0.364. The number of nitrogens with two attached hydrogens (primary N) is 2. The fraction of sp³-hybridized carbons (Fsp3) is 0.125. The average molecular weight is 529 g/mol. The van der Waals surface area contributed by atoms with Crippen LogP contribution in [0.25, 0.3) is 10.8 Å². The van der Waals surface area contributed by atoms with Crippen molar-refractivity contribution in [3.8, 4) is 35.1 Å². The summed E-state index contributed by atoms with van der Waals surface area (Å²) in [4.78, 5) is 0. The zero-order valence-electron chi connectivity index (χ0n) is 21.8. The maximum absolute atomic E-state index is 10.2. The van der Waals surface area contributed by atoms with E-state index < -0.39 is 11.8 Å². The zero-order chi connectivity index (χ0) is 28.0. The number of ether oxygens (including phenoxy) is 4. The molecule has 0 aromatic heterocycles. The van der Waals surface area contributed by atoms with Gasteiger partial charge in [-0.15, -0.1) is 0 Å².